The first-order valence-corrected chi connectivity index (χ1v) is 8.05. The van der Waals surface area contributed by atoms with Crippen molar-refractivity contribution in [2.24, 2.45) is 14.1 Å². The van der Waals surface area contributed by atoms with E-state index in [1.165, 1.54) is 32.5 Å². The molecule has 8 nitrogen and oxygen atoms in total. The first kappa shape index (κ1) is 17.9. The van der Waals surface area contributed by atoms with Crippen molar-refractivity contribution in [3.05, 3.63) is 37.3 Å². The van der Waals surface area contributed by atoms with Crippen molar-refractivity contribution in [1.82, 2.24) is 19.1 Å². The van der Waals surface area contributed by atoms with Gasteiger partial charge in [0.25, 0.3) is 5.56 Å². The van der Waals surface area contributed by atoms with Crippen LogP contribution in [0.15, 0.2) is 25.3 Å². The summed E-state index contributed by atoms with van der Waals surface area (Å²) in [4.78, 5) is 45.1. The fraction of sp³-hybridized carbons (Fsp3) is 0.400. The van der Waals surface area contributed by atoms with Gasteiger partial charge in [-0.25, -0.2) is 14.8 Å². The summed E-state index contributed by atoms with van der Waals surface area (Å²) in [5, 5.41) is 10.1. The van der Waals surface area contributed by atoms with Gasteiger partial charge in [-0.2, -0.15) is 0 Å². The van der Waals surface area contributed by atoms with Crippen molar-refractivity contribution in [3.63, 3.8) is 0 Å². The highest BCUT2D eigenvalue weighted by atomic mass is 32.2. The third-order valence-corrected chi connectivity index (χ3v) is 4.75. The SMILES string of the molecule is CCc1nc(S/C(C(C)=O)=C(/C)O)c2c(=O)n(C)c(=O)n(C)c2n1. The van der Waals surface area contributed by atoms with Gasteiger partial charge in [-0.1, -0.05) is 18.7 Å². The van der Waals surface area contributed by atoms with Crippen LogP contribution in [0.3, 0.4) is 0 Å². The smallest absolute Gasteiger partial charge is 0.332 e. The minimum Gasteiger partial charge on any atom is -0.511 e. The number of nitrogens with zero attached hydrogens (tertiary/aromatic N) is 4. The van der Waals surface area contributed by atoms with E-state index >= 15 is 0 Å². The molecule has 9 heteroatoms. The number of carbonyl (C=O) groups excluding carboxylic acids is 1. The van der Waals surface area contributed by atoms with Crippen LogP contribution >= 0.6 is 11.8 Å². The Hall–Kier alpha value is -2.42. The van der Waals surface area contributed by atoms with E-state index in [1.807, 2.05) is 6.92 Å². The lowest BCUT2D eigenvalue weighted by Crippen LogP contribution is -2.37. The van der Waals surface area contributed by atoms with E-state index in [4.69, 9.17) is 0 Å². The molecule has 2 aromatic rings. The number of aromatic nitrogens is 4. The maximum Gasteiger partial charge on any atom is 0.332 e. The van der Waals surface area contributed by atoms with Crippen LogP contribution < -0.4 is 11.2 Å². The van der Waals surface area contributed by atoms with Gasteiger partial charge in [0.05, 0.1) is 4.91 Å². The van der Waals surface area contributed by atoms with Gasteiger partial charge in [0.2, 0.25) is 0 Å². The van der Waals surface area contributed by atoms with Crippen molar-refractivity contribution >= 4 is 28.6 Å². The van der Waals surface area contributed by atoms with Gasteiger partial charge in [0, 0.05) is 20.5 Å². The second-order valence-electron chi connectivity index (χ2n) is 5.28. The van der Waals surface area contributed by atoms with Crippen molar-refractivity contribution in [2.75, 3.05) is 0 Å². The average molecular weight is 350 g/mol. The number of hydrogen-bond donors (Lipinski definition) is 1. The molecule has 2 aromatic heterocycles. The number of aliphatic hydroxyl groups is 1. The lowest BCUT2D eigenvalue weighted by Gasteiger charge is -2.12. The van der Waals surface area contributed by atoms with E-state index < -0.39 is 11.2 Å². The maximum absolute atomic E-state index is 12.5. The van der Waals surface area contributed by atoms with Gasteiger partial charge < -0.3 is 5.11 Å². The number of carbonyl (C=O) groups is 1. The number of aliphatic hydroxyl groups excluding tert-OH is 1. The molecule has 128 valence electrons. The minimum atomic E-state index is -0.545. The number of hydrogen-bond acceptors (Lipinski definition) is 7. The zero-order valence-electron chi connectivity index (χ0n) is 14.1. The second-order valence-corrected chi connectivity index (χ2v) is 6.27. The van der Waals surface area contributed by atoms with Gasteiger partial charge in [-0.3, -0.25) is 18.7 Å². The normalized spacial score (nSPS) is 12.4. The van der Waals surface area contributed by atoms with Crippen LogP contribution in [0.25, 0.3) is 11.0 Å². The Labute approximate surface area is 141 Å². The molecule has 0 bridgehead atoms. The number of fused-ring (bicyclic) bond motifs is 1. The van der Waals surface area contributed by atoms with Crippen LogP contribution in [0.5, 0.6) is 0 Å². The summed E-state index contributed by atoms with van der Waals surface area (Å²) in [7, 11) is 2.88. The lowest BCUT2D eigenvalue weighted by atomic mass is 10.3. The Morgan fingerprint density at radius 3 is 2.29 bits per heavy atom. The third-order valence-electron chi connectivity index (χ3n) is 3.48. The summed E-state index contributed by atoms with van der Waals surface area (Å²) in [5.74, 6) is -0.0582. The first-order valence-electron chi connectivity index (χ1n) is 7.24. The van der Waals surface area contributed by atoms with Gasteiger partial charge in [-0.15, -0.1) is 0 Å². The van der Waals surface area contributed by atoms with Gasteiger partial charge in [0.1, 0.15) is 22.0 Å². The molecule has 0 radical (unpaired) electrons. The van der Waals surface area contributed by atoms with E-state index in [0.717, 1.165) is 16.3 Å². The fourth-order valence-electron chi connectivity index (χ4n) is 2.20. The number of aryl methyl sites for hydroxylation is 2. The van der Waals surface area contributed by atoms with Crippen molar-refractivity contribution < 1.29 is 9.90 Å². The molecule has 0 fully saturated rings. The van der Waals surface area contributed by atoms with Crippen molar-refractivity contribution in [1.29, 1.82) is 0 Å². The topological polar surface area (TPSA) is 107 Å². The van der Waals surface area contributed by atoms with Gasteiger partial charge >= 0.3 is 5.69 Å². The quantitative estimate of drug-likeness (QED) is 0.380. The molecule has 0 unspecified atom stereocenters. The van der Waals surface area contributed by atoms with Crippen molar-refractivity contribution in [2.45, 2.75) is 32.2 Å². The molecule has 0 spiro atoms. The van der Waals surface area contributed by atoms with Gasteiger partial charge in [0.15, 0.2) is 11.4 Å². The predicted octanol–water partition coefficient (Wildman–Crippen LogP) is 1.06. The highest BCUT2D eigenvalue weighted by Gasteiger charge is 2.20. The predicted molar refractivity (Wildman–Crippen MR) is 91.3 cm³/mol. The van der Waals surface area contributed by atoms with Crippen LogP contribution in [0.2, 0.25) is 0 Å². The Morgan fingerprint density at radius 1 is 1.17 bits per heavy atom. The van der Waals surface area contributed by atoms with E-state index in [9.17, 15) is 19.5 Å². The molecule has 24 heavy (non-hydrogen) atoms. The third kappa shape index (κ3) is 2.99. The van der Waals surface area contributed by atoms with Crippen LogP contribution in [-0.2, 0) is 25.3 Å². The summed E-state index contributed by atoms with van der Waals surface area (Å²) in [6.07, 6.45) is 0.490. The maximum atomic E-state index is 12.5. The molecule has 0 atom stereocenters. The van der Waals surface area contributed by atoms with Crippen LogP contribution in [0, 0.1) is 0 Å². The van der Waals surface area contributed by atoms with Crippen LogP contribution in [0.1, 0.15) is 26.6 Å². The summed E-state index contributed by atoms with van der Waals surface area (Å²) in [6, 6.07) is 0. The number of Topliss-reactive ketones (excluding diaryl/α,β-unsaturated/α-hetero) is 1. The number of allylic oxidation sites excluding steroid dienone is 2. The zero-order valence-corrected chi connectivity index (χ0v) is 14.9. The Kier molecular flexibility index (Phi) is 4.93. The molecule has 2 rings (SSSR count). The average Bonchev–Trinajstić information content (AvgIpc) is 2.54. The Balaban J connectivity index is 2.93. The lowest BCUT2D eigenvalue weighted by molar-refractivity contribution is -0.113. The Morgan fingerprint density at radius 2 is 1.79 bits per heavy atom. The molecule has 0 aliphatic heterocycles. The molecular formula is C15H18N4O4S. The largest absolute Gasteiger partial charge is 0.511 e. The number of rotatable bonds is 4. The first-order chi connectivity index (χ1) is 11.2. The van der Waals surface area contributed by atoms with E-state index in [1.54, 1.807) is 0 Å². The molecule has 2 heterocycles. The molecule has 1 N–H and O–H groups in total. The highest BCUT2D eigenvalue weighted by Crippen LogP contribution is 2.31. The van der Waals surface area contributed by atoms with Gasteiger partial charge in [-0.05, 0) is 13.8 Å². The molecular weight excluding hydrogens is 332 g/mol. The van der Waals surface area contributed by atoms with Crippen LogP contribution in [-0.4, -0.2) is 30.0 Å². The Bertz CT molecular complexity index is 984. The minimum absolute atomic E-state index is 0.0907. The number of thioether (sulfide) groups is 1. The zero-order chi connectivity index (χ0) is 18.2. The van der Waals surface area contributed by atoms with E-state index in [0.29, 0.717) is 12.2 Å². The summed E-state index contributed by atoms with van der Waals surface area (Å²) >= 11 is 0.902. The molecule has 0 amide bonds. The summed E-state index contributed by atoms with van der Waals surface area (Å²) in [6.45, 7) is 4.55. The molecule has 0 saturated heterocycles. The molecule has 0 aliphatic rings. The van der Waals surface area contributed by atoms with E-state index in [2.05, 4.69) is 9.97 Å². The van der Waals surface area contributed by atoms with Crippen molar-refractivity contribution in [3.8, 4) is 0 Å². The second kappa shape index (κ2) is 6.60. The molecule has 0 saturated carbocycles. The summed E-state index contributed by atoms with van der Waals surface area (Å²) < 4.78 is 2.23. The molecule has 0 aromatic carbocycles. The van der Waals surface area contributed by atoms with E-state index in [-0.39, 0.29) is 32.5 Å². The summed E-state index contributed by atoms with van der Waals surface area (Å²) in [5.41, 5.74) is -0.836. The fourth-order valence-corrected chi connectivity index (χ4v) is 3.12. The number of ketones is 1. The standard InChI is InChI=1S/C15H18N4O4S/c1-6-9-16-12-10(14(22)19(5)15(23)18(12)4)13(17-9)24-11(7(2)20)8(3)21/h20H,6H2,1-5H3/b11-7-. The molecule has 0 aliphatic carbocycles. The highest BCUT2D eigenvalue weighted by molar-refractivity contribution is 8.04. The van der Waals surface area contributed by atoms with Crippen LogP contribution in [0.4, 0.5) is 0 Å². The monoisotopic (exact) mass is 350 g/mol.